The number of carbonyl (C=O) groups excluding carboxylic acids is 2. The van der Waals surface area contributed by atoms with Crippen LogP contribution in [-0.2, 0) is 9.59 Å². The molecule has 120 valence electrons. The molecular formula is C14H25N3O4. The minimum Gasteiger partial charge on any atom is -0.480 e. The lowest BCUT2D eigenvalue weighted by atomic mass is 9.97. The van der Waals surface area contributed by atoms with Crippen molar-refractivity contribution in [2.75, 3.05) is 19.6 Å². The highest BCUT2D eigenvalue weighted by atomic mass is 16.4. The Morgan fingerprint density at radius 2 is 1.81 bits per heavy atom. The third-order valence-electron chi connectivity index (χ3n) is 3.75. The highest BCUT2D eigenvalue weighted by Gasteiger charge is 2.28. The van der Waals surface area contributed by atoms with Crippen LogP contribution in [0.25, 0.3) is 0 Å². The zero-order valence-corrected chi connectivity index (χ0v) is 12.9. The number of nitrogens with one attached hydrogen (secondary N) is 2. The van der Waals surface area contributed by atoms with Crippen molar-refractivity contribution >= 4 is 17.9 Å². The maximum atomic E-state index is 12.1. The van der Waals surface area contributed by atoms with E-state index in [1.807, 2.05) is 0 Å². The van der Waals surface area contributed by atoms with E-state index in [1.165, 1.54) is 6.92 Å². The number of carbonyl (C=O) groups is 3. The van der Waals surface area contributed by atoms with Gasteiger partial charge in [0.1, 0.15) is 6.04 Å². The summed E-state index contributed by atoms with van der Waals surface area (Å²) in [7, 11) is 0. The van der Waals surface area contributed by atoms with Gasteiger partial charge in [-0.1, -0.05) is 13.8 Å². The molecule has 1 fully saturated rings. The topological polar surface area (TPSA) is 98.7 Å². The van der Waals surface area contributed by atoms with E-state index in [2.05, 4.69) is 10.6 Å². The van der Waals surface area contributed by atoms with Crippen molar-refractivity contribution < 1.29 is 19.5 Å². The summed E-state index contributed by atoms with van der Waals surface area (Å²) in [6, 6.07) is -1.19. The molecule has 1 aliphatic heterocycles. The Morgan fingerprint density at radius 3 is 2.24 bits per heavy atom. The summed E-state index contributed by atoms with van der Waals surface area (Å²) in [4.78, 5) is 35.7. The lowest BCUT2D eigenvalue weighted by Crippen LogP contribution is -2.52. The van der Waals surface area contributed by atoms with Gasteiger partial charge in [0.25, 0.3) is 0 Å². The fraction of sp³-hybridized carbons (Fsp3) is 0.786. The van der Waals surface area contributed by atoms with Gasteiger partial charge in [-0.25, -0.2) is 9.59 Å². The number of amides is 3. The monoisotopic (exact) mass is 299 g/mol. The van der Waals surface area contributed by atoms with Crippen LogP contribution in [0.15, 0.2) is 0 Å². The first kappa shape index (κ1) is 17.3. The first-order valence-corrected chi connectivity index (χ1v) is 7.34. The van der Waals surface area contributed by atoms with Crippen LogP contribution in [-0.4, -0.2) is 53.6 Å². The number of nitrogens with zero attached hydrogens (tertiary/aromatic N) is 1. The van der Waals surface area contributed by atoms with Crippen LogP contribution in [0.2, 0.25) is 0 Å². The van der Waals surface area contributed by atoms with Gasteiger partial charge in [-0.2, -0.15) is 0 Å². The molecule has 3 amide bonds. The van der Waals surface area contributed by atoms with E-state index in [9.17, 15) is 14.4 Å². The normalized spacial score (nSPS) is 17.4. The van der Waals surface area contributed by atoms with Crippen molar-refractivity contribution in [2.45, 2.75) is 39.7 Å². The highest BCUT2D eigenvalue weighted by molar-refractivity contribution is 5.82. The number of aliphatic carboxylic acids is 1. The Kier molecular flexibility index (Phi) is 6.45. The zero-order chi connectivity index (χ0) is 16.0. The highest BCUT2D eigenvalue weighted by Crippen LogP contribution is 2.16. The molecule has 0 aromatic heterocycles. The Bertz CT molecular complexity index is 390. The SMILES string of the molecule is CC(=O)NCC1CCN(C(=O)NC(C(=O)O)C(C)C)CC1. The van der Waals surface area contributed by atoms with Gasteiger partial charge in [-0.15, -0.1) is 0 Å². The molecule has 0 aromatic rings. The summed E-state index contributed by atoms with van der Waals surface area (Å²) in [5.74, 6) is -0.850. The van der Waals surface area contributed by atoms with E-state index in [0.717, 1.165) is 12.8 Å². The molecule has 3 N–H and O–H groups in total. The predicted molar refractivity (Wildman–Crippen MR) is 77.8 cm³/mol. The van der Waals surface area contributed by atoms with Crippen LogP contribution < -0.4 is 10.6 Å². The van der Waals surface area contributed by atoms with Crippen LogP contribution in [0.3, 0.4) is 0 Å². The minimum atomic E-state index is -1.01. The number of hydrogen-bond donors (Lipinski definition) is 3. The maximum Gasteiger partial charge on any atom is 0.326 e. The smallest absolute Gasteiger partial charge is 0.326 e. The third kappa shape index (κ3) is 5.61. The van der Waals surface area contributed by atoms with Crippen molar-refractivity contribution in [3.8, 4) is 0 Å². The summed E-state index contributed by atoms with van der Waals surface area (Å²) in [5, 5.41) is 14.4. The van der Waals surface area contributed by atoms with E-state index in [0.29, 0.717) is 25.6 Å². The Balaban J connectivity index is 2.41. The molecule has 1 unspecified atom stereocenters. The Hall–Kier alpha value is -1.79. The first-order valence-electron chi connectivity index (χ1n) is 7.34. The molecule has 1 saturated heterocycles. The number of carboxylic acid groups (broad SMARTS) is 1. The van der Waals surface area contributed by atoms with Crippen LogP contribution in [0.5, 0.6) is 0 Å². The minimum absolute atomic E-state index is 0.0450. The lowest BCUT2D eigenvalue weighted by molar-refractivity contribution is -0.140. The number of hydrogen-bond acceptors (Lipinski definition) is 3. The molecule has 0 spiro atoms. The third-order valence-corrected chi connectivity index (χ3v) is 3.75. The molecule has 7 nitrogen and oxygen atoms in total. The van der Waals surface area contributed by atoms with E-state index in [1.54, 1.807) is 18.7 Å². The summed E-state index contributed by atoms with van der Waals surface area (Å²) >= 11 is 0. The van der Waals surface area contributed by atoms with Gasteiger partial charge in [-0.3, -0.25) is 4.79 Å². The molecule has 7 heteroatoms. The van der Waals surface area contributed by atoms with Gasteiger partial charge < -0.3 is 20.6 Å². The van der Waals surface area contributed by atoms with Gasteiger partial charge >= 0.3 is 12.0 Å². The maximum absolute atomic E-state index is 12.1. The van der Waals surface area contributed by atoms with Crippen molar-refractivity contribution in [3.05, 3.63) is 0 Å². The molecule has 1 heterocycles. The second-order valence-corrected chi connectivity index (χ2v) is 5.88. The van der Waals surface area contributed by atoms with E-state index >= 15 is 0 Å². The number of likely N-dealkylation sites (tertiary alicyclic amines) is 1. The van der Waals surface area contributed by atoms with Crippen LogP contribution in [0.1, 0.15) is 33.6 Å². The van der Waals surface area contributed by atoms with Crippen molar-refractivity contribution in [1.82, 2.24) is 15.5 Å². The second-order valence-electron chi connectivity index (χ2n) is 5.88. The average Bonchev–Trinajstić information content (AvgIpc) is 2.42. The fourth-order valence-electron chi connectivity index (χ4n) is 2.37. The van der Waals surface area contributed by atoms with Crippen molar-refractivity contribution in [3.63, 3.8) is 0 Å². The average molecular weight is 299 g/mol. The van der Waals surface area contributed by atoms with E-state index in [4.69, 9.17) is 5.11 Å². The molecule has 0 aliphatic carbocycles. The molecule has 1 aliphatic rings. The molecule has 0 aromatic carbocycles. The molecule has 0 saturated carbocycles. The molecule has 21 heavy (non-hydrogen) atoms. The summed E-state index contributed by atoms with van der Waals surface area (Å²) in [5.41, 5.74) is 0. The van der Waals surface area contributed by atoms with Crippen molar-refractivity contribution in [1.29, 1.82) is 0 Å². The van der Waals surface area contributed by atoms with Gasteiger partial charge in [0, 0.05) is 26.6 Å². The number of carboxylic acids is 1. The second kappa shape index (κ2) is 7.85. The van der Waals surface area contributed by atoms with Crippen LogP contribution in [0.4, 0.5) is 4.79 Å². The lowest BCUT2D eigenvalue weighted by Gasteiger charge is -2.33. The summed E-state index contributed by atoms with van der Waals surface area (Å²) in [6.45, 7) is 6.81. The molecular weight excluding hydrogens is 274 g/mol. The van der Waals surface area contributed by atoms with Gasteiger partial charge in [0.2, 0.25) is 5.91 Å². The Morgan fingerprint density at radius 1 is 1.24 bits per heavy atom. The molecule has 1 atom stereocenters. The number of rotatable bonds is 5. The molecule has 0 bridgehead atoms. The van der Waals surface area contributed by atoms with Gasteiger partial charge in [0.05, 0.1) is 0 Å². The molecule has 0 radical (unpaired) electrons. The fourth-order valence-corrected chi connectivity index (χ4v) is 2.37. The molecule has 1 rings (SSSR count). The van der Waals surface area contributed by atoms with Gasteiger partial charge in [0.15, 0.2) is 0 Å². The van der Waals surface area contributed by atoms with Crippen molar-refractivity contribution in [2.24, 2.45) is 11.8 Å². The zero-order valence-electron chi connectivity index (χ0n) is 12.9. The summed E-state index contributed by atoms with van der Waals surface area (Å²) in [6.07, 6.45) is 1.63. The first-order chi connectivity index (χ1) is 9.81. The number of urea groups is 1. The van der Waals surface area contributed by atoms with Crippen LogP contribution >= 0.6 is 0 Å². The van der Waals surface area contributed by atoms with E-state index < -0.39 is 12.0 Å². The summed E-state index contributed by atoms with van der Waals surface area (Å²) < 4.78 is 0. The van der Waals surface area contributed by atoms with Crippen LogP contribution in [0, 0.1) is 11.8 Å². The quantitative estimate of drug-likeness (QED) is 0.694. The Labute approximate surface area is 125 Å². The largest absolute Gasteiger partial charge is 0.480 e. The van der Waals surface area contributed by atoms with Gasteiger partial charge in [-0.05, 0) is 24.7 Å². The number of piperidine rings is 1. The predicted octanol–water partition coefficient (Wildman–Crippen LogP) is 0.653. The van der Waals surface area contributed by atoms with E-state index in [-0.39, 0.29) is 17.9 Å². The standard InChI is InChI=1S/C14H25N3O4/c1-9(2)12(13(19)20)16-14(21)17-6-4-11(5-7-17)8-15-10(3)18/h9,11-12H,4-8H2,1-3H3,(H,15,18)(H,16,21)(H,19,20).